The standard InChI is InChI=1S/C21H21N3O4/c1-12-7-6-10-18(13(12)2)28-14(3)20(26)23-24-21(27)16-11-19(25)22-17-9-5-4-8-15(16)17/h4-11,14H,1-3H3,(H,22,25)(H,23,26)(H,24,27)/t14-/m1/s1. The van der Waals surface area contributed by atoms with Crippen LogP contribution in [0.25, 0.3) is 10.9 Å². The second-order valence-corrected chi connectivity index (χ2v) is 6.49. The fraction of sp³-hybridized carbons (Fsp3) is 0.190. The predicted octanol–water partition coefficient (Wildman–Crippen LogP) is 2.37. The van der Waals surface area contributed by atoms with Gasteiger partial charge in [0.05, 0.1) is 5.56 Å². The SMILES string of the molecule is Cc1cccc(O[C@H](C)C(=O)NNC(=O)c2cc(=O)[nH]c3ccccc23)c1C. The van der Waals surface area contributed by atoms with Crippen molar-refractivity contribution in [3.05, 3.63) is 75.6 Å². The third-order valence-electron chi connectivity index (χ3n) is 4.52. The first-order valence-electron chi connectivity index (χ1n) is 8.82. The van der Waals surface area contributed by atoms with Crippen molar-refractivity contribution in [1.29, 1.82) is 0 Å². The van der Waals surface area contributed by atoms with E-state index in [1.807, 2.05) is 26.0 Å². The molecule has 0 bridgehead atoms. The molecule has 0 saturated heterocycles. The van der Waals surface area contributed by atoms with Gasteiger partial charge in [-0.3, -0.25) is 25.2 Å². The summed E-state index contributed by atoms with van der Waals surface area (Å²) < 4.78 is 5.70. The minimum Gasteiger partial charge on any atom is -0.481 e. The van der Waals surface area contributed by atoms with Gasteiger partial charge >= 0.3 is 0 Å². The number of carbonyl (C=O) groups is 2. The first-order chi connectivity index (χ1) is 13.4. The topological polar surface area (TPSA) is 100 Å². The fourth-order valence-electron chi connectivity index (χ4n) is 2.78. The van der Waals surface area contributed by atoms with E-state index in [4.69, 9.17) is 4.74 Å². The summed E-state index contributed by atoms with van der Waals surface area (Å²) in [5.74, 6) is -0.493. The van der Waals surface area contributed by atoms with Crippen molar-refractivity contribution >= 4 is 22.7 Å². The van der Waals surface area contributed by atoms with E-state index in [2.05, 4.69) is 15.8 Å². The van der Waals surface area contributed by atoms with Crippen molar-refractivity contribution in [2.24, 2.45) is 0 Å². The quantitative estimate of drug-likeness (QED) is 0.606. The van der Waals surface area contributed by atoms with Gasteiger partial charge in [-0.15, -0.1) is 0 Å². The molecule has 0 radical (unpaired) electrons. The number of para-hydroxylation sites is 1. The molecule has 3 N–H and O–H groups in total. The van der Waals surface area contributed by atoms with Gasteiger partial charge in [-0.1, -0.05) is 30.3 Å². The number of fused-ring (bicyclic) bond motifs is 1. The summed E-state index contributed by atoms with van der Waals surface area (Å²) in [6.45, 7) is 5.46. The lowest BCUT2D eigenvalue weighted by molar-refractivity contribution is -0.128. The monoisotopic (exact) mass is 379 g/mol. The van der Waals surface area contributed by atoms with E-state index in [-0.39, 0.29) is 5.56 Å². The lowest BCUT2D eigenvalue weighted by Gasteiger charge is -2.17. The van der Waals surface area contributed by atoms with Crippen LogP contribution in [0.15, 0.2) is 53.3 Å². The molecule has 144 valence electrons. The normalized spacial score (nSPS) is 11.7. The van der Waals surface area contributed by atoms with Crippen LogP contribution in [0.1, 0.15) is 28.4 Å². The minimum absolute atomic E-state index is 0.169. The van der Waals surface area contributed by atoms with Crippen molar-refractivity contribution < 1.29 is 14.3 Å². The summed E-state index contributed by atoms with van der Waals surface area (Å²) in [6, 6.07) is 13.7. The highest BCUT2D eigenvalue weighted by atomic mass is 16.5. The van der Waals surface area contributed by atoms with Gasteiger partial charge in [-0.2, -0.15) is 0 Å². The molecule has 0 unspecified atom stereocenters. The average molecular weight is 379 g/mol. The second-order valence-electron chi connectivity index (χ2n) is 6.49. The molecule has 3 rings (SSSR count). The Bertz CT molecular complexity index is 1100. The summed E-state index contributed by atoms with van der Waals surface area (Å²) in [6.07, 6.45) is -0.822. The smallest absolute Gasteiger partial charge is 0.279 e. The van der Waals surface area contributed by atoms with Gasteiger partial charge in [0.15, 0.2) is 6.10 Å². The first-order valence-corrected chi connectivity index (χ1v) is 8.82. The Morgan fingerprint density at radius 1 is 1.04 bits per heavy atom. The van der Waals surface area contributed by atoms with Crippen LogP contribution in [0.3, 0.4) is 0 Å². The summed E-state index contributed by atoms with van der Waals surface area (Å²) in [5, 5.41) is 0.577. The first kappa shape index (κ1) is 19.2. The highest BCUT2D eigenvalue weighted by molar-refractivity contribution is 6.06. The van der Waals surface area contributed by atoms with Crippen LogP contribution in [0.4, 0.5) is 0 Å². The zero-order chi connectivity index (χ0) is 20.3. The molecule has 2 aromatic carbocycles. The third-order valence-corrected chi connectivity index (χ3v) is 4.52. The molecule has 0 fully saturated rings. The van der Waals surface area contributed by atoms with E-state index in [9.17, 15) is 14.4 Å². The number of hydrazine groups is 1. The van der Waals surface area contributed by atoms with Crippen LogP contribution < -0.4 is 21.1 Å². The van der Waals surface area contributed by atoms with Crippen LogP contribution in [-0.2, 0) is 4.79 Å². The van der Waals surface area contributed by atoms with E-state index in [1.54, 1.807) is 37.3 Å². The van der Waals surface area contributed by atoms with Crippen LogP contribution in [-0.4, -0.2) is 22.9 Å². The molecule has 0 saturated carbocycles. The van der Waals surface area contributed by atoms with E-state index >= 15 is 0 Å². The molecule has 0 spiro atoms. The molecule has 28 heavy (non-hydrogen) atoms. The van der Waals surface area contributed by atoms with E-state index < -0.39 is 23.5 Å². The van der Waals surface area contributed by atoms with Crippen LogP contribution >= 0.6 is 0 Å². The highest BCUT2D eigenvalue weighted by Crippen LogP contribution is 2.21. The van der Waals surface area contributed by atoms with Gasteiger partial charge in [0.25, 0.3) is 11.8 Å². The number of rotatable bonds is 4. The Kier molecular flexibility index (Phi) is 5.44. The minimum atomic E-state index is -0.822. The van der Waals surface area contributed by atoms with E-state index in [0.29, 0.717) is 16.7 Å². The number of nitrogens with one attached hydrogen (secondary N) is 3. The molecule has 1 heterocycles. The number of ether oxygens (including phenoxy) is 1. The lowest BCUT2D eigenvalue weighted by Crippen LogP contribution is -2.47. The molecule has 2 amide bonds. The molecule has 0 aliphatic rings. The Balaban J connectivity index is 1.68. The van der Waals surface area contributed by atoms with Gasteiger partial charge in [0, 0.05) is 17.0 Å². The molecule has 0 aliphatic heterocycles. The lowest BCUT2D eigenvalue weighted by atomic mass is 10.1. The van der Waals surface area contributed by atoms with Crippen molar-refractivity contribution in [2.75, 3.05) is 0 Å². The van der Waals surface area contributed by atoms with Gasteiger partial charge in [-0.05, 0) is 44.0 Å². The van der Waals surface area contributed by atoms with Crippen LogP contribution in [0.2, 0.25) is 0 Å². The summed E-state index contributed by atoms with van der Waals surface area (Å²) >= 11 is 0. The molecular formula is C21H21N3O4. The fourth-order valence-corrected chi connectivity index (χ4v) is 2.78. The van der Waals surface area contributed by atoms with Crippen molar-refractivity contribution in [2.45, 2.75) is 26.9 Å². The van der Waals surface area contributed by atoms with Gasteiger partial charge in [0.2, 0.25) is 5.56 Å². The molecule has 3 aromatic rings. The molecule has 0 aliphatic carbocycles. The van der Waals surface area contributed by atoms with E-state index in [1.165, 1.54) is 6.07 Å². The summed E-state index contributed by atoms with van der Waals surface area (Å²) in [7, 11) is 0. The number of aromatic nitrogens is 1. The van der Waals surface area contributed by atoms with Gasteiger partial charge in [-0.25, -0.2) is 0 Å². The molecular weight excluding hydrogens is 358 g/mol. The number of H-pyrrole nitrogens is 1. The number of hydrogen-bond donors (Lipinski definition) is 3. The predicted molar refractivity (Wildman–Crippen MR) is 106 cm³/mol. The largest absolute Gasteiger partial charge is 0.481 e. The van der Waals surface area contributed by atoms with Gasteiger partial charge in [0.1, 0.15) is 5.75 Å². The highest BCUT2D eigenvalue weighted by Gasteiger charge is 2.18. The maximum absolute atomic E-state index is 12.5. The number of benzene rings is 2. The number of aromatic amines is 1. The van der Waals surface area contributed by atoms with Crippen LogP contribution in [0, 0.1) is 13.8 Å². The number of carbonyl (C=O) groups excluding carboxylic acids is 2. The van der Waals surface area contributed by atoms with Crippen molar-refractivity contribution in [3.8, 4) is 5.75 Å². The molecule has 7 heteroatoms. The maximum atomic E-state index is 12.5. The zero-order valence-corrected chi connectivity index (χ0v) is 15.8. The van der Waals surface area contributed by atoms with Crippen molar-refractivity contribution in [1.82, 2.24) is 15.8 Å². The molecule has 1 aromatic heterocycles. The zero-order valence-electron chi connectivity index (χ0n) is 15.8. The Morgan fingerprint density at radius 3 is 2.57 bits per heavy atom. The Labute approximate surface area is 161 Å². The third kappa shape index (κ3) is 4.03. The number of amides is 2. The summed E-state index contributed by atoms with van der Waals surface area (Å²) in [4.78, 5) is 39.2. The molecule has 7 nitrogen and oxygen atoms in total. The number of pyridine rings is 1. The van der Waals surface area contributed by atoms with E-state index in [0.717, 1.165) is 11.1 Å². The second kappa shape index (κ2) is 7.96. The average Bonchev–Trinajstić information content (AvgIpc) is 2.68. The van der Waals surface area contributed by atoms with Crippen molar-refractivity contribution in [3.63, 3.8) is 0 Å². The Hall–Kier alpha value is -3.61. The molecule has 1 atom stereocenters. The maximum Gasteiger partial charge on any atom is 0.279 e. The number of aryl methyl sites for hydroxylation is 1. The Morgan fingerprint density at radius 2 is 1.79 bits per heavy atom. The summed E-state index contributed by atoms with van der Waals surface area (Å²) in [5.41, 5.74) is 6.99. The van der Waals surface area contributed by atoms with Crippen LogP contribution in [0.5, 0.6) is 5.75 Å². The van der Waals surface area contributed by atoms with Gasteiger partial charge < -0.3 is 9.72 Å². The number of hydrogen-bond acceptors (Lipinski definition) is 4.